The molecular formula is C23H27ClN4O4. The third-order valence-corrected chi connectivity index (χ3v) is 4.47. The van der Waals surface area contributed by atoms with Gasteiger partial charge in [0.15, 0.2) is 6.61 Å². The van der Waals surface area contributed by atoms with E-state index in [9.17, 15) is 14.4 Å². The number of hydrogen-bond acceptors (Lipinski definition) is 5. The maximum atomic E-state index is 12.3. The fourth-order valence-electron chi connectivity index (χ4n) is 2.62. The molecule has 2 aromatic rings. The average Bonchev–Trinajstić information content (AvgIpc) is 2.73. The van der Waals surface area contributed by atoms with Crippen molar-refractivity contribution >= 4 is 41.2 Å². The molecule has 0 aliphatic heterocycles. The van der Waals surface area contributed by atoms with Gasteiger partial charge in [-0.1, -0.05) is 43.1 Å². The zero-order valence-corrected chi connectivity index (χ0v) is 19.2. The number of hydrogen-bond donors (Lipinski definition) is 3. The third-order valence-electron chi connectivity index (χ3n) is 4.23. The summed E-state index contributed by atoms with van der Waals surface area (Å²) < 4.78 is 5.61. The van der Waals surface area contributed by atoms with E-state index in [-0.39, 0.29) is 18.4 Å². The van der Waals surface area contributed by atoms with Gasteiger partial charge in [-0.25, -0.2) is 5.43 Å². The van der Waals surface area contributed by atoms with Crippen LogP contribution in [0, 0.1) is 19.8 Å². The molecule has 0 saturated carbocycles. The number of nitrogens with one attached hydrogen (secondary N) is 3. The van der Waals surface area contributed by atoms with Crippen molar-refractivity contribution < 1.29 is 19.1 Å². The summed E-state index contributed by atoms with van der Waals surface area (Å²) in [4.78, 5) is 35.8. The van der Waals surface area contributed by atoms with Crippen molar-refractivity contribution in [3.8, 4) is 5.75 Å². The first-order valence-corrected chi connectivity index (χ1v) is 10.4. The number of halogens is 1. The molecule has 32 heavy (non-hydrogen) atoms. The second-order valence-corrected chi connectivity index (χ2v) is 8.08. The Balaban J connectivity index is 1.97. The van der Waals surface area contributed by atoms with Crippen LogP contribution in [-0.2, 0) is 14.4 Å². The maximum absolute atomic E-state index is 12.3. The normalized spacial score (nSPS) is 10.8. The molecule has 0 unspecified atom stereocenters. The summed E-state index contributed by atoms with van der Waals surface area (Å²) in [5.41, 5.74) is 5.34. The van der Waals surface area contributed by atoms with E-state index in [4.69, 9.17) is 16.3 Å². The molecule has 8 nitrogen and oxygen atoms in total. The lowest BCUT2D eigenvalue weighted by molar-refractivity contribution is -0.139. The second-order valence-electron chi connectivity index (χ2n) is 7.64. The van der Waals surface area contributed by atoms with Gasteiger partial charge in [0.2, 0.25) is 0 Å². The summed E-state index contributed by atoms with van der Waals surface area (Å²) in [5, 5.41) is 9.50. The van der Waals surface area contributed by atoms with E-state index in [1.807, 2.05) is 45.9 Å². The maximum Gasteiger partial charge on any atom is 0.329 e. The number of benzene rings is 2. The number of ether oxygens (including phenoxy) is 1. The van der Waals surface area contributed by atoms with E-state index >= 15 is 0 Å². The molecule has 0 fully saturated rings. The molecule has 0 aliphatic rings. The van der Waals surface area contributed by atoms with Crippen LogP contribution in [0.4, 0.5) is 5.69 Å². The first kappa shape index (κ1) is 24.9. The Morgan fingerprint density at radius 2 is 1.84 bits per heavy atom. The predicted molar refractivity (Wildman–Crippen MR) is 125 cm³/mol. The number of nitrogens with zero attached hydrogens (tertiary/aromatic N) is 1. The van der Waals surface area contributed by atoms with Crippen LogP contribution < -0.4 is 20.8 Å². The van der Waals surface area contributed by atoms with E-state index in [1.54, 1.807) is 18.2 Å². The van der Waals surface area contributed by atoms with Gasteiger partial charge in [0.1, 0.15) is 5.75 Å². The molecule has 0 heterocycles. The van der Waals surface area contributed by atoms with Crippen molar-refractivity contribution in [3.63, 3.8) is 0 Å². The highest BCUT2D eigenvalue weighted by molar-refractivity contribution is 6.35. The Morgan fingerprint density at radius 1 is 1.09 bits per heavy atom. The van der Waals surface area contributed by atoms with Crippen molar-refractivity contribution in [2.45, 2.75) is 27.7 Å². The smallest absolute Gasteiger partial charge is 0.329 e. The summed E-state index contributed by atoms with van der Waals surface area (Å²) in [6.45, 7) is 7.87. The van der Waals surface area contributed by atoms with Crippen molar-refractivity contribution in [1.82, 2.24) is 10.7 Å². The molecule has 0 bridgehead atoms. The summed E-state index contributed by atoms with van der Waals surface area (Å²) in [6.07, 6.45) is 1.29. The number of rotatable bonds is 8. The second kappa shape index (κ2) is 11.9. The van der Waals surface area contributed by atoms with Crippen LogP contribution in [0.15, 0.2) is 41.5 Å². The van der Waals surface area contributed by atoms with Gasteiger partial charge in [0, 0.05) is 22.8 Å². The van der Waals surface area contributed by atoms with Crippen LogP contribution in [0.1, 0.15) is 30.5 Å². The van der Waals surface area contributed by atoms with Crippen molar-refractivity contribution in [2.24, 2.45) is 11.0 Å². The molecule has 9 heteroatoms. The Hall–Kier alpha value is -3.39. The number of hydrazone groups is 1. The number of carbonyl (C=O) groups excluding carboxylic acids is 3. The summed E-state index contributed by atoms with van der Waals surface area (Å²) >= 11 is 6.03. The molecule has 0 saturated heterocycles. The van der Waals surface area contributed by atoms with Gasteiger partial charge in [0.25, 0.3) is 5.91 Å². The SMILES string of the molecule is Cc1ccc(NC(=O)COc2ccc(Cl)cc2/C=N\NC(=O)C(=O)NCC(C)C)c(C)c1. The number of anilines is 1. The van der Waals surface area contributed by atoms with Gasteiger partial charge in [-0.2, -0.15) is 5.10 Å². The minimum atomic E-state index is -0.890. The van der Waals surface area contributed by atoms with E-state index in [0.29, 0.717) is 28.6 Å². The monoisotopic (exact) mass is 458 g/mol. The molecule has 3 N–H and O–H groups in total. The molecule has 170 valence electrons. The molecule has 3 amide bonds. The fourth-order valence-corrected chi connectivity index (χ4v) is 2.80. The lowest BCUT2D eigenvalue weighted by atomic mass is 10.1. The van der Waals surface area contributed by atoms with E-state index in [1.165, 1.54) is 6.21 Å². The molecule has 2 aromatic carbocycles. The third kappa shape index (κ3) is 8.03. The van der Waals surface area contributed by atoms with Crippen molar-refractivity contribution in [3.05, 3.63) is 58.1 Å². The quantitative estimate of drug-likeness (QED) is 0.320. The first-order chi connectivity index (χ1) is 15.2. The minimum Gasteiger partial charge on any atom is -0.483 e. The largest absolute Gasteiger partial charge is 0.483 e. The molecular weight excluding hydrogens is 432 g/mol. The summed E-state index contributed by atoms with van der Waals surface area (Å²) in [7, 11) is 0. The Bertz CT molecular complexity index is 1020. The summed E-state index contributed by atoms with van der Waals surface area (Å²) in [6, 6.07) is 10.5. The van der Waals surface area contributed by atoms with Crippen molar-refractivity contribution in [1.29, 1.82) is 0 Å². The van der Waals surface area contributed by atoms with Gasteiger partial charge >= 0.3 is 11.8 Å². The fraction of sp³-hybridized carbons (Fsp3) is 0.304. The lowest BCUT2D eigenvalue weighted by Gasteiger charge is -2.12. The highest BCUT2D eigenvalue weighted by Crippen LogP contribution is 2.22. The summed E-state index contributed by atoms with van der Waals surface area (Å²) in [5.74, 6) is -1.44. The molecule has 0 radical (unpaired) electrons. The highest BCUT2D eigenvalue weighted by atomic mass is 35.5. The zero-order valence-electron chi connectivity index (χ0n) is 18.5. The zero-order chi connectivity index (χ0) is 23.7. The van der Waals surface area contributed by atoms with E-state index in [2.05, 4.69) is 21.2 Å². The lowest BCUT2D eigenvalue weighted by Crippen LogP contribution is -2.39. The molecule has 0 spiro atoms. The van der Waals surface area contributed by atoms with Crippen LogP contribution >= 0.6 is 11.6 Å². The predicted octanol–water partition coefficient (Wildman–Crippen LogP) is 3.20. The molecule has 0 atom stereocenters. The molecule has 0 aromatic heterocycles. The number of amides is 3. The van der Waals surface area contributed by atoms with Crippen LogP contribution in [0.3, 0.4) is 0 Å². The van der Waals surface area contributed by atoms with Gasteiger partial charge in [-0.05, 0) is 49.6 Å². The average molecular weight is 459 g/mol. The van der Waals surface area contributed by atoms with Crippen LogP contribution in [-0.4, -0.2) is 37.1 Å². The van der Waals surface area contributed by atoms with Gasteiger partial charge in [0.05, 0.1) is 6.21 Å². The Morgan fingerprint density at radius 3 is 2.53 bits per heavy atom. The first-order valence-electron chi connectivity index (χ1n) is 10.1. The van der Waals surface area contributed by atoms with Crippen LogP contribution in [0.25, 0.3) is 0 Å². The van der Waals surface area contributed by atoms with Crippen molar-refractivity contribution in [2.75, 3.05) is 18.5 Å². The van der Waals surface area contributed by atoms with Gasteiger partial charge in [-0.3, -0.25) is 14.4 Å². The van der Waals surface area contributed by atoms with Gasteiger partial charge in [-0.15, -0.1) is 0 Å². The Labute approximate surface area is 192 Å². The molecule has 2 rings (SSSR count). The van der Waals surface area contributed by atoms with Crippen LogP contribution in [0.5, 0.6) is 5.75 Å². The molecule has 0 aliphatic carbocycles. The van der Waals surface area contributed by atoms with E-state index < -0.39 is 11.8 Å². The number of carbonyl (C=O) groups is 3. The highest BCUT2D eigenvalue weighted by Gasteiger charge is 2.13. The standard InChI is InChI=1S/C23H27ClN4O4/c1-14(2)11-25-22(30)23(31)28-26-12-17-10-18(24)6-8-20(17)32-13-21(29)27-19-7-5-15(3)9-16(19)4/h5-10,12,14H,11,13H2,1-4H3,(H,25,30)(H,27,29)(H,28,31)/b26-12-. The minimum absolute atomic E-state index is 0.216. The number of aryl methyl sites for hydroxylation is 2. The van der Waals surface area contributed by atoms with Crippen LogP contribution in [0.2, 0.25) is 5.02 Å². The topological polar surface area (TPSA) is 109 Å². The van der Waals surface area contributed by atoms with E-state index in [0.717, 1.165) is 11.1 Å². The van der Waals surface area contributed by atoms with Gasteiger partial charge < -0.3 is 15.4 Å². The Kier molecular flexibility index (Phi) is 9.22.